The van der Waals surface area contributed by atoms with Crippen LogP contribution in [-0.2, 0) is 5.60 Å². The lowest BCUT2D eigenvalue weighted by molar-refractivity contribution is -0.0455. The van der Waals surface area contributed by atoms with Crippen LogP contribution in [0.4, 0.5) is 0 Å². The van der Waals surface area contributed by atoms with Crippen molar-refractivity contribution in [1.82, 2.24) is 0 Å². The van der Waals surface area contributed by atoms with Crippen molar-refractivity contribution in [2.24, 2.45) is 11.7 Å². The van der Waals surface area contributed by atoms with E-state index in [9.17, 15) is 5.11 Å². The Balaban J connectivity index is 2.41. The van der Waals surface area contributed by atoms with E-state index in [-0.39, 0.29) is 5.92 Å². The van der Waals surface area contributed by atoms with E-state index in [0.717, 1.165) is 29.2 Å². The lowest BCUT2D eigenvalue weighted by Gasteiger charge is -2.46. The lowest BCUT2D eigenvalue weighted by atomic mass is 9.71. The zero-order chi connectivity index (χ0) is 14.1. The molecule has 3 nitrogen and oxygen atoms in total. The quantitative estimate of drug-likeness (QED) is 0.893. The van der Waals surface area contributed by atoms with Crippen molar-refractivity contribution in [3.63, 3.8) is 0 Å². The van der Waals surface area contributed by atoms with Crippen LogP contribution in [0.2, 0.25) is 0 Å². The normalized spacial score (nSPS) is 28.2. The average molecular weight is 281 g/mol. The molecule has 0 aliphatic carbocycles. The van der Waals surface area contributed by atoms with E-state index >= 15 is 0 Å². The Kier molecular flexibility index (Phi) is 4.14. The van der Waals surface area contributed by atoms with E-state index < -0.39 is 11.1 Å². The van der Waals surface area contributed by atoms with Gasteiger partial charge >= 0.3 is 0 Å². The van der Waals surface area contributed by atoms with Gasteiger partial charge in [-0.25, -0.2) is 0 Å². The van der Waals surface area contributed by atoms with Crippen LogP contribution in [0.5, 0.6) is 5.75 Å². The van der Waals surface area contributed by atoms with Gasteiger partial charge in [-0.15, -0.1) is 0 Å². The van der Waals surface area contributed by atoms with Crippen LogP contribution < -0.4 is 10.5 Å². The number of benzene rings is 1. The predicted molar refractivity (Wildman–Crippen MR) is 80.6 cm³/mol. The summed E-state index contributed by atoms with van der Waals surface area (Å²) in [6, 6.07) is 7.72. The second-order valence-corrected chi connectivity index (χ2v) is 7.00. The molecule has 1 aliphatic heterocycles. The topological polar surface area (TPSA) is 55.5 Å². The fourth-order valence-electron chi connectivity index (χ4n) is 2.81. The second kappa shape index (κ2) is 5.35. The zero-order valence-corrected chi connectivity index (χ0v) is 12.7. The van der Waals surface area contributed by atoms with Gasteiger partial charge < -0.3 is 15.6 Å². The van der Waals surface area contributed by atoms with E-state index in [4.69, 9.17) is 10.5 Å². The molecule has 1 aliphatic rings. The molecular formula is C15H23NO2S. The van der Waals surface area contributed by atoms with Crippen molar-refractivity contribution in [3.05, 3.63) is 29.8 Å². The first-order valence-corrected chi connectivity index (χ1v) is 7.77. The summed E-state index contributed by atoms with van der Waals surface area (Å²) in [7, 11) is 1.64. The Morgan fingerprint density at radius 3 is 2.84 bits per heavy atom. The van der Waals surface area contributed by atoms with Gasteiger partial charge in [-0.1, -0.05) is 12.1 Å². The highest BCUT2D eigenvalue weighted by Crippen LogP contribution is 2.45. The van der Waals surface area contributed by atoms with Gasteiger partial charge in [-0.05, 0) is 43.7 Å². The maximum Gasteiger partial charge on any atom is 0.119 e. The molecule has 1 saturated heterocycles. The smallest absolute Gasteiger partial charge is 0.119 e. The second-order valence-electron chi connectivity index (χ2n) is 5.86. The molecule has 0 amide bonds. The van der Waals surface area contributed by atoms with Gasteiger partial charge in [0.2, 0.25) is 0 Å². The van der Waals surface area contributed by atoms with Crippen LogP contribution in [0, 0.1) is 5.92 Å². The van der Waals surface area contributed by atoms with E-state index in [1.165, 1.54) is 0 Å². The first-order chi connectivity index (χ1) is 8.88. The van der Waals surface area contributed by atoms with Crippen LogP contribution >= 0.6 is 11.8 Å². The third-order valence-electron chi connectivity index (χ3n) is 3.96. The number of hydrogen-bond acceptors (Lipinski definition) is 4. The number of methoxy groups -OCH3 is 1. The summed E-state index contributed by atoms with van der Waals surface area (Å²) in [5, 5.41) is 11.2. The molecule has 0 spiro atoms. The largest absolute Gasteiger partial charge is 0.497 e. The molecular weight excluding hydrogens is 258 g/mol. The maximum atomic E-state index is 11.2. The SMILES string of the molecule is COc1cccc([C@]2(O)CCSC[C@@H]2C(C)(C)N)c1. The highest BCUT2D eigenvalue weighted by atomic mass is 32.2. The Labute approximate surface area is 119 Å². The molecule has 2 atom stereocenters. The van der Waals surface area contributed by atoms with Gasteiger partial charge in [0, 0.05) is 17.2 Å². The molecule has 3 N–H and O–H groups in total. The van der Waals surface area contributed by atoms with E-state index in [1.807, 2.05) is 49.9 Å². The van der Waals surface area contributed by atoms with Crippen LogP contribution in [0.15, 0.2) is 24.3 Å². The fourth-order valence-corrected chi connectivity index (χ4v) is 4.37. The van der Waals surface area contributed by atoms with Crippen LogP contribution in [-0.4, -0.2) is 29.3 Å². The third-order valence-corrected chi connectivity index (χ3v) is 5.02. The molecule has 19 heavy (non-hydrogen) atoms. The first kappa shape index (κ1) is 14.7. The van der Waals surface area contributed by atoms with Crippen molar-refractivity contribution in [1.29, 1.82) is 0 Å². The van der Waals surface area contributed by atoms with Gasteiger partial charge in [0.25, 0.3) is 0 Å². The van der Waals surface area contributed by atoms with Gasteiger partial charge in [0.15, 0.2) is 0 Å². The number of thioether (sulfide) groups is 1. The molecule has 2 rings (SSSR count). The molecule has 1 heterocycles. The molecule has 0 bridgehead atoms. The molecule has 0 radical (unpaired) electrons. The van der Waals surface area contributed by atoms with E-state index in [1.54, 1.807) is 7.11 Å². The lowest BCUT2D eigenvalue weighted by Crippen LogP contribution is -2.55. The number of rotatable bonds is 3. The summed E-state index contributed by atoms with van der Waals surface area (Å²) in [5.41, 5.74) is 5.93. The monoisotopic (exact) mass is 281 g/mol. The summed E-state index contributed by atoms with van der Waals surface area (Å²) in [5.74, 6) is 2.65. The minimum Gasteiger partial charge on any atom is -0.497 e. The molecule has 0 saturated carbocycles. The zero-order valence-electron chi connectivity index (χ0n) is 11.8. The van der Waals surface area contributed by atoms with E-state index in [2.05, 4.69) is 0 Å². The Hall–Kier alpha value is -0.710. The Bertz CT molecular complexity index is 444. The summed E-state index contributed by atoms with van der Waals surface area (Å²) in [6.45, 7) is 3.99. The number of aliphatic hydroxyl groups is 1. The van der Waals surface area contributed by atoms with Crippen LogP contribution in [0.1, 0.15) is 25.8 Å². The number of nitrogens with two attached hydrogens (primary N) is 1. The van der Waals surface area contributed by atoms with E-state index in [0.29, 0.717) is 0 Å². The molecule has 1 aromatic carbocycles. The third kappa shape index (κ3) is 2.91. The summed E-state index contributed by atoms with van der Waals surface area (Å²) in [4.78, 5) is 0. The van der Waals surface area contributed by atoms with Crippen LogP contribution in [0.3, 0.4) is 0 Å². The highest BCUT2D eigenvalue weighted by molar-refractivity contribution is 7.99. The summed E-state index contributed by atoms with van der Waals surface area (Å²) >= 11 is 1.87. The van der Waals surface area contributed by atoms with Crippen molar-refractivity contribution >= 4 is 11.8 Å². The average Bonchev–Trinajstić information content (AvgIpc) is 2.38. The molecule has 0 unspecified atom stereocenters. The van der Waals surface area contributed by atoms with Crippen LogP contribution in [0.25, 0.3) is 0 Å². The Morgan fingerprint density at radius 2 is 2.21 bits per heavy atom. The Morgan fingerprint density at radius 1 is 1.47 bits per heavy atom. The minimum atomic E-state index is -0.863. The molecule has 1 fully saturated rings. The van der Waals surface area contributed by atoms with Gasteiger partial charge in [-0.3, -0.25) is 0 Å². The van der Waals surface area contributed by atoms with Crippen molar-refractivity contribution in [2.75, 3.05) is 18.6 Å². The predicted octanol–water partition coefficient (Wildman–Crippen LogP) is 2.37. The van der Waals surface area contributed by atoms with Crippen molar-refractivity contribution in [3.8, 4) is 5.75 Å². The number of ether oxygens (including phenoxy) is 1. The first-order valence-electron chi connectivity index (χ1n) is 6.61. The molecule has 0 aromatic heterocycles. The summed E-state index contributed by atoms with van der Waals surface area (Å²) in [6.07, 6.45) is 0.732. The number of hydrogen-bond donors (Lipinski definition) is 2. The van der Waals surface area contributed by atoms with Gasteiger partial charge in [0.1, 0.15) is 5.75 Å². The van der Waals surface area contributed by atoms with Crippen molar-refractivity contribution < 1.29 is 9.84 Å². The maximum absolute atomic E-state index is 11.2. The standard InChI is InChI=1S/C15H23NO2S/c1-14(2,16)13-10-19-8-7-15(13,17)11-5-4-6-12(9-11)18-3/h4-6,9,13,17H,7-8,10,16H2,1-3H3/t13-,15-/m1/s1. The molecule has 106 valence electrons. The molecule has 1 aromatic rings. The highest BCUT2D eigenvalue weighted by Gasteiger charge is 2.46. The van der Waals surface area contributed by atoms with Crippen molar-refractivity contribution in [2.45, 2.75) is 31.4 Å². The molecule has 4 heteroatoms. The van der Waals surface area contributed by atoms with Gasteiger partial charge in [-0.2, -0.15) is 11.8 Å². The fraction of sp³-hybridized carbons (Fsp3) is 0.600. The summed E-state index contributed by atoms with van der Waals surface area (Å²) < 4.78 is 5.26. The minimum absolute atomic E-state index is 0.0332. The van der Waals surface area contributed by atoms with Gasteiger partial charge in [0.05, 0.1) is 12.7 Å².